The van der Waals surface area contributed by atoms with Crippen molar-refractivity contribution in [2.24, 2.45) is 0 Å². The SMILES string of the molecule is Nc1cccc(CNC(=O)c2ccc(F)c(F)c2)c1. The van der Waals surface area contributed by atoms with Crippen molar-refractivity contribution < 1.29 is 13.6 Å². The van der Waals surface area contributed by atoms with Crippen LogP contribution in [0.1, 0.15) is 15.9 Å². The van der Waals surface area contributed by atoms with Crippen LogP contribution in [0.5, 0.6) is 0 Å². The van der Waals surface area contributed by atoms with E-state index in [0.717, 1.165) is 17.7 Å². The summed E-state index contributed by atoms with van der Waals surface area (Å²) >= 11 is 0. The molecule has 0 saturated heterocycles. The molecule has 0 fully saturated rings. The van der Waals surface area contributed by atoms with E-state index in [0.29, 0.717) is 5.69 Å². The Balaban J connectivity index is 2.03. The third-order valence-electron chi connectivity index (χ3n) is 2.59. The van der Waals surface area contributed by atoms with Gasteiger partial charge in [0.15, 0.2) is 11.6 Å². The molecule has 98 valence electrons. The van der Waals surface area contributed by atoms with Crippen LogP contribution in [0.4, 0.5) is 14.5 Å². The van der Waals surface area contributed by atoms with Gasteiger partial charge in [0.1, 0.15) is 0 Å². The maximum atomic E-state index is 13.0. The van der Waals surface area contributed by atoms with Gasteiger partial charge in [-0.05, 0) is 35.9 Å². The average molecular weight is 262 g/mol. The van der Waals surface area contributed by atoms with Crippen molar-refractivity contribution in [2.75, 3.05) is 5.73 Å². The Morgan fingerprint density at radius 1 is 1.11 bits per heavy atom. The molecule has 0 aliphatic heterocycles. The molecule has 0 aliphatic rings. The summed E-state index contributed by atoms with van der Waals surface area (Å²) in [6, 6.07) is 10.1. The van der Waals surface area contributed by atoms with Gasteiger partial charge < -0.3 is 11.1 Å². The number of carbonyl (C=O) groups excluding carboxylic acids is 1. The molecular formula is C14H12F2N2O. The van der Waals surface area contributed by atoms with Gasteiger partial charge in [-0.1, -0.05) is 12.1 Å². The number of benzene rings is 2. The zero-order chi connectivity index (χ0) is 13.8. The van der Waals surface area contributed by atoms with E-state index in [-0.39, 0.29) is 12.1 Å². The molecule has 0 heterocycles. The van der Waals surface area contributed by atoms with Crippen LogP contribution >= 0.6 is 0 Å². The Morgan fingerprint density at radius 2 is 1.89 bits per heavy atom. The number of nitrogen functional groups attached to an aromatic ring is 1. The number of halogens is 2. The number of amides is 1. The number of hydrogen-bond acceptors (Lipinski definition) is 2. The zero-order valence-corrected chi connectivity index (χ0v) is 9.99. The van der Waals surface area contributed by atoms with Gasteiger partial charge in [-0.25, -0.2) is 8.78 Å². The zero-order valence-electron chi connectivity index (χ0n) is 9.99. The first-order valence-electron chi connectivity index (χ1n) is 5.64. The molecule has 0 atom stereocenters. The molecule has 0 radical (unpaired) electrons. The Morgan fingerprint density at radius 3 is 2.58 bits per heavy atom. The Labute approximate surface area is 109 Å². The van der Waals surface area contributed by atoms with Gasteiger partial charge in [-0.15, -0.1) is 0 Å². The molecule has 2 aromatic rings. The van der Waals surface area contributed by atoms with E-state index in [1.54, 1.807) is 18.2 Å². The second-order valence-corrected chi connectivity index (χ2v) is 4.06. The summed E-state index contributed by atoms with van der Waals surface area (Å²) in [5.41, 5.74) is 7.11. The van der Waals surface area contributed by atoms with Crippen LogP contribution in [-0.2, 0) is 6.54 Å². The smallest absolute Gasteiger partial charge is 0.251 e. The third-order valence-corrected chi connectivity index (χ3v) is 2.59. The lowest BCUT2D eigenvalue weighted by Crippen LogP contribution is -2.23. The fourth-order valence-corrected chi connectivity index (χ4v) is 1.62. The number of nitrogens with two attached hydrogens (primary N) is 1. The molecule has 0 aromatic heterocycles. The van der Waals surface area contributed by atoms with E-state index in [4.69, 9.17) is 5.73 Å². The van der Waals surface area contributed by atoms with Crippen molar-refractivity contribution in [3.05, 3.63) is 65.2 Å². The van der Waals surface area contributed by atoms with Crippen molar-refractivity contribution in [1.29, 1.82) is 0 Å². The minimum absolute atomic E-state index is 0.0720. The van der Waals surface area contributed by atoms with Crippen LogP contribution in [0, 0.1) is 11.6 Å². The molecule has 2 rings (SSSR count). The van der Waals surface area contributed by atoms with Gasteiger partial charge in [-0.2, -0.15) is 0 Å². The van der Waals surface area contributed by atoms with Crippen LogP contribution in [0.3, 0.4) is 0 Å². The van der Waals surface area contributed by atoms with Crippen molar-refractivity contribution >= 4 is 11.6 Å². The minimum Gasteiger partial charge on any atom is -0.399 e. The summed E-state index contributed by atoms with van der Waals surface area (Å²) in [5.74, 6) is -2.50. The topological polar surface area (TPSA) is 55.1 Å². The fraction of sp³-hybridized carbons (Fsp3) is 0.0714. The maximum absolute atomic E-state index is 13.0. The summed E-state index contributed by atoms with van der Waals surface area (Å²) in [6.45, 7) is 0.267. The van der Waals surface area contributed by atoms with Crippen molar-refractivity contribution in [2.45, 2.75) is 6.54 Å². The molecule has 5 heteroatoms. The fourth-order valence-electron chi connectivity index (χ4n) is 1.62. The van der Waals surface area contributed by atoms with Gasteiger partial charge in [0.2, 0.25) is 0 Å². The summed E-state index contributed by atoms with van der Waals surface area (Å²) in [5, 5.41) is 2.61. The standard InChI is InChI=1S/C14H12F2N2O/c15-12-5-4-10(7-13(12)16)14(19)18-8-9-2-1-3-11(17)6-9/h1-7H,8,17H2,(H,18,19). The first-order valence-corrected chi connectivity index (χ1v) is 5.64. The monoisotopic (exact) mass is 262 g/mol. The summed E-state index contributed by atoms with van der Waals surface area (Å²) in [7, 11) is 0. The Kier molecular flexibility index (Phi) is 3.75. The van der Waals surface area contributed by atoms with Gasteiger partial charge >= 0.3 is 0 Å². The summed E-state index contributed by atoms with van der Waals surface area (Å²) in [4.78, 5) is 11.7. The quantitative estimate of drug-likeness (QED) is 0.835. The summed E-state index contributed by atoms with van der Waals surface area (Å²) < 4.78 is 25.7. The molecule has 0 spiro atoms. The predicted molar refractivity (Wildman–Crippen MR) is 68.4 cm³/mol. The second-order valence-electron chi connectivity index (χ2n) is 4.06. The molecule has 0 bridgehead atoms. The van der Waals surface area contributed by atoms with E-state index in [2.05, 4.69) is 5.32 Å². The number of nitrogens with one attached hydrogen (secondary N) is 1. The summed E-state index contributed by atoms with van der Waals surface area (Å²) in [6.07, 6.45) is 0. The second kappa shape index (κ2) is 5.48. The molecule has 19 heavy (non-hydrogen) atoms. The molecule has 1 amide bonds. The first-order chi connectivity index (χ1) is 9.06. The molecule has 3 nitrogen and oxygen atoms in total. The highest BCUT2D eigenvalue weighted by Gasteiger charge is 2.09. The van der Waals surface area contributed by atoms with E-state index >= 15 is 0 Å². The van der Waals surface area contributed by atoms with Crippen LogP contribution in [-0.4, -0.2) is 5.91 Å². The van der Waals surface area contributed by atoms with Crippen molar-refractivity contribution in [3.63, 3.8) is 0 Å². The lowest BCUT2D eigenvalue weighted by atomic mass is 10.1. The van der Waals surface area contributed by atoms with Crippen LogP contribution in [0.15, 0.2) is 42.5 Å². The third kappa shape index (κ3) is 3.28. The Hall–Kier alpha value is -2.43. The molecule has 2 aromatic carbocycles. The molecular weight excluding hydrogens is 250 g/mol. The van der Waals surface area contributed by atoms with Gasteiger partial charge in [0.05, 0.1) is 0 Å². The van der Waals surface area contributed by atoms with Gasteiger partial charge in [0, 0.05) is 17.8 Å². The van der Waals surface area contributed by atoms with Crippen LogP contribution < -0.4 is 11.1 Å². The number of rotatable bonds is 3. The highest BCUT2D eigenvalue weighted by molar-refractivity contribution is 5.94. The van der Waals surface area contributed by atoms with Crippen molar-refractivity contribution in [3.8, 4) is 0 Å². The number of hydrogen-bond donors (Lipinski definition) is 2. The lowest BCUT2D eigenvalue weighted by Gasteiger charge is -2.06. The molecule has 0 saturated carbocycles. The van der Waals surface area contributed by atoms with Crippen molar-refractivity contribution in [1.82, 2.24) is 5.32 Å². The van der Waals surface area contributed by atoms with E-state index in [1.165, 1.54) is 6.07 Å². The highest BCUT2D eigenvalue weighted by Crippen LogP contribution is 2.10. The van der Waals surface area contributed by atoms with E-state index in [1.807, 2.05) is 6.07 Å². The molecule has 0 unspecified atom stereocenters. The molecule has 0 aliphatic carbocycles. The van der Waals surface area contributed by atoms with Crippen LogP contribution in [0.25, 0.3) is 0 Å². The predicted octanol–water partition coefficient (Wildman–Crippen LogP) is 2.48. The largest absolute Gasteiger partial charge is 0.399 e. The number of anilines is 1. The number of carbonyl (C=O) groups is 1. The lowest BCUT2D eigenvalue weighted by molar-refractivity contribution is 0.0950. The van der Waals surface area contributed by atoms with E-state index in [9.17, 15) is 13.6 Å². The normalized spacial score (nSPS) is 10.2. The van der Waals surface area contributed by atoms with Gasteiger partial charge in [-0.3, -0.25) is 4.79 Å². The molecule has 3 N–H and O–H groups in total. The van der Waals surface area contributed by atoms with E-state index < -0.39 is 17.5 Å². The Bertz CT molecular complexity index is 614. The van der Waals surface area contributed by atoms with Gasteiger partial charge in [0.25, 0.3) is 5.91 Å². The maximum Gasteiger partial charge on any atom is 0.251 e. The van der Waals surface area contributed by atoms with Crippen LogP contribution in [0.2, 0.25) is 0 Å². The first kappa shape index (κ1) is 13.0. The minimum atomic E-state index is -1.04. The average Bonchev–Trinajstić information content (AvgIpc) is 2.39. The highest BCUT2D eigenvalue weighted by atomic mass is 19.2.